The van der Waals surface area contributed by atoms with E-state index in [0.717, 1.165) is 26.2 Å². The summed E-state index contributed by atoms with van der Waals surface area (Å²) in [5.74, 6) is -0.191. The molecular formula is C24H26ClFN4OS. The molecule has 0 radical (unpaired) electrons. The number of thiophene rings is 1. The summed E-state index contributed by atoms with van der Waals surface area (Å²) >= 11 is 7.70. The van der Waals surface area contributed by atoms with Crippen LogP contribution in [-0.4, -0.2) is 43.2 Å². The van der Waals surface area contributed by atoms with Gasteiger partial charge in [0.2, 0.25) is 0 Å². The number of amides is 2. The van der Waals surface area contributed by atoms with Crippen LogP contribution in [0, 0.1) is 5.82 Å². The van der Waals surface area contributed by atoms with Gasteiger partial charge in [-0.3, -0.25) is 4.90 Å². The van der Waals surface area contributed by atoms with Crippen LogP contribution in [0.5, 0.6) is 0 Å². The summed E-state index contributed by atoms with van der Waals surface area (Å²) in [5, 5.41) is 8.56. The van der Waals surface area contributed by atoms with Crippen LogP contribution in [0.15, 0.2) is 66.0 Å². The summed E-state index contributed by atoms with van der Waals surface area (Å²) < 4.78 is 14.2. The molecule has 1 saturated heterocycles. The van der Waals surface area contributed by atoms with Crippen molar-refractivity contribution >= 4 is 40.3 Å². The highest BCUT2D eigenvalue weighted by Gasteiger charge is 2.31. The normalized spacial score (nSPS) is 16.4. The summed E-state index contributed by atoms with van der Waals surface area (Å²) in [6.45, 7) is 5.03. The van der Waals surface area contributed by atoms with Gasteiger partial charge in [0.15, 0.2) is 0 Å². The minimum absolute atomic E-state index is 0.0304. The molecule has 168 valence electrons. The van der Waals surface area contributed by atoms with Gasteiger partial charge in [0.1, 0.15) is 5.82 Å². The van der Waals surface area contributed by atoms with Gasteiger partial charge < -0.3 is 15.5 Å². The Morgan fingerprint density at radius 3 is 2.53 bits per heavy atom. The van der Waals surface area contributed by atoms with Gasteiger partial charge >= 0.3 is 6.03 Å². The monoisotopic (exact) mass is 472 g/mol. The number of anilines is 2. The van der Waals surface area contributed by atoms with E-state index in [9.17, 15) is 9.18 Å². The summed E-state index contributed by atoms with van der Waals surface area (Å²) in [6.07, 6.45) is 0. The number of piperazine rings is 1. The van der Waals surface area contributed by atoms with E-state index in [4.69, 9.17) is 11.6 Å². The van der Waals surface area contributed by atoms with E-state index in [2.05, 4.69) is 31.9 Å². The van der Waals surface area contributed by atoms with E-state index >= 15 is 0 Å². The number of carbonyl (C=O) groups is 1. The molecule has 2 amide bonds. The van der Waals surface area contributed by atoms with Crippen LogP contribution in [0.2, 0.25) is 5.02 Å². The molecule has 0 unspecified atom stereocenters. The minimum Gasteiger partial charge on any atom is -0.367 e. The second-order valence-corrected chi connectivity index (χ2v) is 9.25. The standard InChI is InChI=1S/C24H26ClFN4OS/c1-17(27-24(31)28-19-7-4-6-18(25)16-19)23(22-10-5-15-32-22)30-13-11-29(12-14-30)21-9-3-2-8-20(21)26/h2-10,15-17,23H,11-14H2,1H3,(H2,27,28,31)/t17-,23+/m0/s1. The van der Waals surface area contributed by atoms with Crippen molar-refractivity contribution in [3.63, 3.8) is 0 Å². The van der Waals surface area contributed by atoms with Crippen LogP contribution >= 0.6 is 22.9 Å². The van der Waals surface area contributed by atoms with E-state index in [1.165, 1.54) is 10.9 Å². The molecule has 1 aliphatic heterocycles. The summed E-state index contributed by atoms with van der Waals surface area (Å²) in [4.78, 5) is 18.3. The second kappa shape index (κ2) is 10.3. The molecule has 4 rings (SSSR count). The van der Waals surface area contributed by atoms with Gasteiger partial charge in [-0.05, 0) is 48.7 Å². The molecule has 32 heavy (non-hydrogen) atoms. The first-order valence-electron chi connectivity index (χ1n) is 10.6. The third-order valence-electron chi connectivity index (χ3n) is 5.65. The zero-order valence-electron chi connectivity index (χ0n) is 17.8. The number of carbonyl (C=O) groups excluding carboxylic acids is 1. The number of benzene rings is 2. The van der Waals surface area contributed by atoms with Gasteiger partial charge in [0, 0.05) is 47.8 Å². The smallest absolute Gasteiger partial charge is 0.319 e. The number of halogens is 2. The lowest BCUT2D eigenvalue weighted by Gasteiger charge is -2.42. The number of rotatable bonds is 6. The lowest BCUT2D eigenvalue weighted by Crippen LogP contribution is -2.52. The Kier molecular flexibility index (Phi) is 7.29. The average Bonchev–Trinajstić information content (AvgIpc) is 3.29. The summed E-state index contributed by atoms with van der Waals surface area (Å²) in [7, 11) is 0. The van der Waals surface area contributed by atoms with Crippen molar-refractivity contribution in [1.29, 1.82) is 0 Å². The molecule has 8 heteroatoms. The zero-order valence-corrected chi connectivity index (χ0v) is 19.4. The van der Waals surface area contributed by atoms with Gasteiger partial charge in [-0.2, -0.15) is 0 Å². The fourth-order valence-electron chi connectivity index (χ4n) is 4.17. The molecule has 2 aromatic carbocycles. The highest BCUT2D eigenvalue weighted by atomic mass is 35.5. The van der Waals surface area contributed by atoms with Gasteiger partial charge in [0.05, 0.1) is 11.7 Å². The zero-order chi connectivity index (χ0) is 22.5. The van der Waals surface area contributed by atoms with Crippen molar-refractivity contribution in [2.45, 2.75) is 19.0 Å². The predicted molar refractivity (Wildman–Crippen MR) is 130 cm³/mol. The molecule has 3 aromatic rings. The molecule has 0 saturated carbocycles. The quantitative estimate of drug-likeness (QED) is 0.490. The average molecular weight is 473 g/mol. The Hall–Kier alpha value is -2.61. The number of hydrogen-bond acceptors (Lipinski definition) is 4. The number of nitrogens with zero attached hydrogens (tertiary/aromatic N) is 2. The van der Waals surface area contributed by atoms with Crippen LogP contribution < -0.4 is 15.5 Å². The van der Waals surface area contributed by atoms with E-state index < -0.39 is 0 Å². The van der Waals surface area contributed by atoms with Crippen molar-refractivity contribution in [2.75, 3.05) is 36.4 Å². The van der Waals surface area contributed by atoms with Crippen LogP contribution in [0.3, 0.4) is 0 Å². The second-order valence-electron chi connectivity index (χ2n) is 7.83. The molecule has 2 atom stereocenters. The Morgan fingerprint density at radius 2 is 1.84 bits per heavy atom. The molecule has 0 spiro atoms. The van der Waals surface area contributed by atoms with Crippen molar-refractivity contribution in [2.24, 2.45) is 0 Å². The van der Waals surface area contributed by atoms with Gasteiger partial charge in [-0.25, -0.2) is 9.18 Å². The Labute approximate surface area is 196 Å². The van der Waals surface area contributed by atoms with Crippen LogP contribution in [-0.2, 0) is 0 Å². The van der Waals surface area contributed by atoms with Crippen molar-refractivity contribution in [3.8, 4) is 0 Å². The minimum atomic E-state index is -0.272. The van der Waals surface area contributed by atoms with Gasteiger partial charge in [-0.1, -0.05) is 35.9 Å². The number of hydrogen-bond donors (Lipinski definition) is 2. The third kappa shape index (κ3) is 5.41. The van der Waals surface area contributed by atoms with Crippen molar-refractivity contribution in [3.05, 3.63) is 81.8 Å². The molecule has 1 aromatic heterocycles. The van der Waals surface area contributed by atoms with Crippen molar-refractivity contribution in [1.82, 2.24) is 10.2 Å². The van der Waals surface area contributed by atoms with E-state index in [-0.39, 0.29) is 23.9 Å². The first-order valence-corrected chi connectivity index (χ1v) is 11.9. The first kappa shape index (κ1) is 22.6. The third-order valence-corrected chi connectivity index (χ3v) is 6.83. The maximum Gasteiger partial charge on any atom is 0.319 e. The van der Waals surface area contributed by atoms with Gasteiger partial charge in [0.25, 0.3) is 0 Å². The molecule has 0 aliphatic carbocycles. The van der Waals surface area contributed by atoms with Crippen LogP contribution in [0.25, 0.3) is 0 Å². The fraction of sp³-hybridized carbons (Fsp3) is 0.292. The topological polar surface area (TPSA) is 47.6 Å². The van der Waals surface area contributed by atoms with Crippen LogP contribution in [0.4, 0.5) is 20.6 Å². The Morgan fingerprint density at radius 1 is 1.06 bits per heavy atom. The highest BCUT2D eigenvalue weighted by Crippen LogP contribution is 2.30. The first-order chi connectivity index (χ1) is 15.5. The van der Waals surface area contributed by atoms with E-state index in [1.807, 2.05) is 25.1 Å². The molecule has 1 fully saturated rings. The largest absolute Gasteiger partial charge is 0.367 e. The van der Waals surface area contributed by atoms with E-state index in [0.29, 0.717) is 16.4 Å². The lowest BCUT2D eigenvalue weighted by atomic mass is 10.0. The molecule has 1 aliphatic rings. The molecule has 5 nitrogen and oxygen atoms in total. The Balaban J connectivity index is 1.43. The highest BCUT2D eigenvalue weighted by molar-refractivity contribution is 7.10. The summed E-state index contributed by atoms with van der Waals surface area (Å²) in [5.41, 5.74) is 1.29. The maximum absolute atomic E-state index is 14.2. The molecule has 2 heterocycles. The number of urea groups is 1. The fourth-order valence-corrected chi connectivity index (χ4v) is 5.32. The maximum atomic E-state index is 14.2. The Bertz CT molecular complexity index is 1040. The predicted octanol–water partition coefficient (Wildman–Crippen LogP) is 5.61. The number of para-hydroxylation sites is 1. The van der Waals surface area contributed by atoms with E-state index in [1.54, 1.807) is 41.7 Å². The SMILES string of the molecule is C[C@H](NC(=O)Nc1cccc(Cl)c1)[C@H](c1cccs1)N1CCN(c2ccccc2F)CC1. The number of nitrogens with one attached hydrogen (secondary N) is 2. The van der Waals surface area contributed by atoms with Crippen LogP contribution in [0.1, 0.15) is 17.8 Å². The van der Waals surface area contributed by atoms with Gasteiger partial charge in [-0.15, -0.1) is 11.3 Å². The molecular weight excluding hydrogens is 447 g/mol. The van der Waals surface area contributed by atoms with Crippen molar-refractivity contribution < 1.29 is 9.18 Å². The molecule has 2 N–H and O–H groups in total. The molecule has 0 bridgehead atoms. The summed E-state index contributed by atoms with van der Waals surface area (Å²) in [6, 6.07) is 17.7. The lowest BCUT2D eigenvalue weighted by molar-refractivity contribution is 0.157.